The van der Waals surface area contributed by atoms with E-state index in [9.17, 15) is 19.2 Å². The highest BCUT2D eigenvalue weighted by Gasteiger charge is 2.66. The van der Waals surface area contributed by atoms with Gasteiger partial charge in [-0.3, -0.25) is 19.2 Å². The summed E-state index contributed by atoms with van der Waals surface area (Å²) >= 11 is 0. The number of carboxylic acid groups (broad SMARTS) is 1. The molecule has 1 N–H and O–H groups in total. The third-order valence-corrected chi connectivity index (χ3v) is 9.72. The predicted octanol–water partition coefficient (Wildman–Crippen LogP) is 4.07. The molecular weight excluding hydrogens is 368 g/mol. The Bertz CT molecular complexity index is 756. The highest BCUT2D eigenvalue weighted by atomic mass is 16.4. The van der Waals surface area contributed by atoms with Crippen LogP contribution < -0.4 is 0 Å². The second kappa shape index (κ2) is 7.02. The molecule has 5 nitrogen and oxygen atoms in total. The fourth-order valence-electron chi connectivity index (χ4n) is 7.94. The van der Waals surface area contributed by atoms with Gasteiger partial charge in [-0.2, -0.15) is 0 Å². The van der Waals surface area contributed by atoms with E-state index in [0.29, 0.717) is 32.1 Å². The molecule has 29 heavy (non-hydrogen) atoms. The van der Waals surface area contributed by atoms with E-state index in [4.69, 9.17) is 5.11 Å². The third kappa shape index (κ3) is 3.02. The van der Waals surface area contributed by atoms with E-state index in [1.54, 1.807) is 0 Å². The third-order valence-electron chi connectivity index (χ3n) is 9.72. The van der Waals surface area contributed by atoms with Crippen molar-refractivity contribution in [3.63, 3.8) is 0 Å². The van der Waals surface area contributed by atoms with Gasteiger partial charge < -0.3 is 5.11 Å². The molecule has 4 saturated carbocycles. The lowest BCUT2D eigenvalue weighted by Crippen LogP contribution is -2.60. The van der Waals surface area contributed by atoms with E-state index in [1.165, 1.54) is 0 Å². The zero-order valence-corrected chi connectivity index (χ0v) is 17.9. The number of fused-ring (bicyclic) bond motifs is 5. The van der Waals surface area contributed by atoms with Crippen molar-refractivity contribution in [1.29, 1.82) is 0 Å². The summed E-state index contributed by atoms with van der Waals surface area (Å²) in [7, 11) is 0. The van der Waals surface area contributed by atoms with Crippen molar-refractivity contribution in [1.82, 2.24) is 0 Å². The van der Waals surface area contributed by atoms with E-state index in [1.807, 2.05) is 0 Å². The standard InChI is InChI=1S/C24H34O5/c1-13(4-7-21(28)29)16-5-6-17-22-18(12-20(27)24(16,17)3)23(2)9-8-15(25)10-14(23)11-19(22)26/h13-14,16-18,22H,4-12H2,1-3H3,(H,28,29)/t13-,14-,16+,17+,18+,22+,23+,24+/m1/s1. The van der Waals surface area contributed by atoms with Gasteiger partial charge in [-0.1, -0.05) is 20.8 Å². The lowest BCUT2D eigenvalue weighted by Gasteiger charge is -2.58. The van der Waals surface area contributed by atoms with Crippen molar-refractivity contribution in [3.05, 3.63) is 0 Å². The Morgan fingerprint density at radius 1 is 1.10 bits per heavy atom. The molecule has 4 fully saturated rings. The van der Waals surface area contributed by atoms with E-state index >= 15 is 0 Å². The summed E-state index contributed by atoms with van der Waals surface area (Å²) < 4.78 is 0. The van der Waals surface area contributed by atoms with E-state index < -0.39 is 11.4 Å². The fourth-order valence-corrected chi connectivity index (χ4v) is 7.94. The molecule has 0 radical (unpaired) electrons. The van der Waals surface area contributed by atoms with Gasteiger partial charge in [0, 0.05) is 43.4 Å². The van der Waals surface area contributed by atoms with Crippen LogP contribution in [0.1, 0.15) is 78.6 Å². The van der Waals surface area contributed by atoms with Gasteiger partial charge in [0.2, 0.25) is 0 Å². The van der Waals surface area contributed by atoms with Crippen LogP contribution in [0.3, 0.4) is 0 Å². The Balaban J connectivity index is 1.63. The predicted molar refractivity (Wildman–Crippen MR) is 107 cm³/mol. The van der Waals surface area contributed by atoms with Gasteiger partial charge in [0.1, 0.15) is 17.3 Å². The Hall–Kier alpha value is -1.52. The van der Waals surface area contributed by atoms with Crippen LogP contribution in [0.4, 0.5) is 0 Å². The number of hydrogen-bond acceptors (Lipinski definition) is 4. The molecule has 0 bridgehead atoms. The second-order valence-corrected chi connectivity index (χ2v) is 10.9. The molecule has 0 aromatic rings. The molecule has 0 aliphatic heterocycles. The molecule has 0 aromatic carbocycles. The van der Waals surface area contributed by atoms with Crippen LogP contribution in [-0.4, -0.2) is 28.4 Å². The quantitative estimate of drug-likeness (QED) is 0.766. The molecule has 160 valence electrons. The molecule has 4 aliphatic carbocycles. The SMILES string of the molecule is C[C@H](CCC(=O)O)[C@@H]1CC[C@H]2[C@@H]3C(=O)C[C@H]4CC(=O)CC[C@]4(C)[C@H]3CC(=O)[C@]21C. The van der Waals surface area contributed by atoms with Crippen molar-refractivity contribution in [2.45, 2.75) is 78.6 Å². The highest BCUT2D eigenvalue weighted by molar-refractivity contribution is 5.93. The molecule has 8 atom stereocenters. The van der Waals surface area contributed by atoms with Crippen LogP contribution in [0.2, 0.25) is 0 Å². The minimum Gasteiger partial charge on any atom is -0.481 e. The lowest BCUT2D eigenvalue weighted by atomic mass is 9.44. The topological polar surface area (TPSA) is 88.5 Å². The van der Waals surface area contributed by atoms with Crippen molar-refractivity contribution in [2.75, 3.05) is 0 Å². The second-order valence-electron chi connectivity index (χ2n) is 10.9. The lowest BCUT2D eigenvalue weighted by molar-refractivity contribution is -0.166. The maximum atomic E-state index is 13.6. The van der Waals surface area contributed by atoms with Crippen LogP contribution in [0.5, 0.6) is 0 Å². The number of hydrogen-bond donors (Lipinski definition) is 1. The number of ketones is 3. The number of rotatable bonds is 4. The molecule has 0 spiro atoms. The van der Waals surface area contributed by atoms with E-state index in [0.717, 1.165) is 19.3 Å². The smallest absolute Gasteiger partial charge is 0.303 e. The van der Waals surface area contributed by atoms with Gasteiger partial charge in [-0.05, 0) is 60.7 Å². The number of carbonyl (C=O) groups excluding carboxylic acids is 3. The van der Waals surface area contributed by atoms with Crippen molar-refractivity contribution < 1.29 is 24.3 Å². The van der Waals surface area contributed by atoms with Crippen LogP contribution in [0.15, 0.2) is 0 Å². The summed E-state index contributed by atoms with van der Waals surface area (Å²) in [4.78, 5) is 50.0. The van der Waals surface area contributed by atoms with E-state index in [2.05, 4.69) is 20.8 Å². The van der Waals surface area contributed by atoms with Crippen LogP contribution in [0.25, 0.3) is 0 Å². The number of carbonyl (C=O) groups is 4. The van der Waals surface area contributed by atoms with Crippen molar-refractivity contribution in [3.8, 4) is 0 Å². The summed E-state index contributed by atoms with van der Waals surface area (Å²) in [6, 6.07) is 0. The minimum atomic E-state index is -0.792. The van der Waals surface area contributed by atoms with Gasteiger partial charge in [0.05, 0.1) is 0 Å². The van der Waals surface area contributed by atoms with Gasteiger partial charge in [0.15, 0.2) is 0 Å². The average Bonchev–Trinajstić information content (AvgIpc) is 3.01. The Morgan fingerprint density at radius 3 is 2.52 bits per heavy atom. The summed E-state index contributed by atoms with van der Waals surface area (Å²) in [5.41, 5.74) is -0.598. The molecule has 0 amide bonds. The maximum absolute atomic E-state index is 13.6. The molecular formula is C24H34O5. The van der Waals surface area contributed by atoms with E-state index in [-0.39, 0.29) is 64.7 Å². The number of aliphatic carboxylic acids is 1. The van der Waals surface area contributed by atoms with Gasteiger partial charge >= 0.3 is 5.97 Å². The van der Waals surface area contributed by atoms with Gasteiger partial charge in [0.25, 0.3) is 0 Å². The first-order valence-corrected chi connectivity index (χ1v) is 11.4. The van der Waals surface area contributed by atoms with Crippen LogP contribution in [0, 0.1) is 46.3 Å². The first kappa shape index (κ1) is 20.7. The highest BCUT2D eigenvalue weighted by Crippen LogP contribution is 2.66. The Morgan fingerprint density at radius 2 is 1.83 bits per heavy atom. The number of Topliss-reactive ketones (excluding diaryl/α,β-unsaturated/α-hetero) is 3. The summed E-state index contributed by atoms with van der Waals surface area (Å²) in [6.45, 7) is 6.37. The van der Waals surface area contributed by atoms with Crippen molar-refractivity contribution >= 4 is 23.3 Å². The molecule has 4 aliphatic rings. The number of carboxylic acids is 1. The Labute approximate surface area is 173 Å². The first-order valence-electron chi connectivity index (χ1n) is 11.4. The minimum absolute atomic E-state index is 0.0659. The van der Waals surface area contributed by atoms with Gasteiger partial charge in [-0.15, -0.1) is 0 Å². The first-order chi connectivity index (χ1) is 13.6. The molecule has 5 heteroatoms. The molecule has 0 saturated heterocycles. The van der Waals surface area contributed by atoms with Crippen LogP contribution in [-0.2, 0) is 19.2 Å². The largest absolute Gasteiger partial charge is 0.481 e. The van der Waals surface area contributed by atoms with Crippen LogP contribution >= 0.6 is 0 Å². The molecule has 0 heterocycles. The average molecular weight is 403 g/mol. The monoisotopic (exact) mass is 402 g/mol. The van der Waals surface area contributed by atoms with Crippen molar-refractivity contribution in [2.24, 2.45) is 46.3 Å². The van der Waals surface area contributed by atoms with Gasteiger partial charge in [-0.25, -0.2) is 0 Å². The maximum Gasteiger partial charge on any atom is 0.303 e. The summed E-state index contributed by atoms with van der Waals surface area (Å²) in [5, 5.41) is 9.06. The zero-order chi connectivity index (χ0) is 21.1. The molecule has 0 unspecified atom stereocenters. The summed E-state index contributed by atoms with van der Waals surface area (Å²) in [6.07, 6.45) is 5.33. The zero-order valence-electron chi connectivity index (χ0n) is 17.9. The normalized spacial score (nSPS) is 45.3. The Kier molecular flexibility index (Phi) is 5.02. The molecule has 4 rings (SSSR count). The fraction of sp³-hybridized carbons (Fsp3) is 0.833. The summed E-state index contributed by atoms with van der Waals surface area (Å²) in [5.74, 6) is 0.524. The molecule has 0 aromatic heterocycles.